The first kappa shape index (κ1) is 24.7. The number of hydrogen-bond acceptors (Lipinski definition) is 8. The summed E-state index contributed by atoms with van der Waals surface area (Å²) in [6.45, 7) is 1.59. The fourth-order valence-corrected chi connectivity index (χ4v) is 7.65. The second kappa shape index (κ2) is 8.36. The molecule has 7 rings (SSSR count). The van der Waals surface area contributed by atoms with Gasteiger partial charge in [0.05, 0.1) is 34.9 Å². The molecule has 10 heteroatoms. The molecule has 2 aromatic carbocycles. The fraction of sp³-hybridized carbons (Fsp3) is 0.448. The molecule has 0 aromatic heterocycles. The van der Waals surface area contributed by atoms with Crippen LogP contribution in [0.2, 0.25) is 5.02 Å². The monoisotopic (exact) mass is 552 g/mol. The molecular weight excluding hydrogens is 524 g/mol. The Morgan fingerprint density at radius 3 is 2.77 bits per heavy atom. The molecule has 2 fully saturated rings. The van der Waals surface area contributed by atoms with Crippen molar-refractivity contribution in [3.05, 3.63) is 63.4 Å². The Kier molecular flexibility index (Phi) is 5.31. The van der Waals surface area contributed by atoms with E-state index in [9.17, 15) is 24.9 Å². The predicted octanol–water partition coefficient (Wildman–Crippen LogP) is 3.46. The van der Waals surface area contributed by atoms with Gasteiger partial charge < -0.3 is 30.1 Å². The number of piperidine rings is 1. The maximum Gasteiger partial charge on any atom is 0.339 e. The molecule has 1 amide bonds. The molecule has 9 nitrogen and oxygen atoms in total. The molecule has 39 heavy (non-hydrogen) atoms. The van der Waals surface area contributed by atoms with Crippen molar-refractivity contribution in [3.63, 3.8) is 0 Å². The van der Waals surface area contributed by atoms with Gasteiger partial charge in [0.2, 0.25) is 0 Å². The zero-order chi connectivity index (χ0) is 27.3. The number of carbonyl (C=O) groups excluding carboxylic acids is 2. The van der Waals surface area contributed by atoms with Gasteiger partial charge in [0.15, 0.2) is 17.6 Å². The lowest BCUT2D eigenvalue weighted by molar-refractivity contribution is -0.172. The molecule has 2 aromatic rings. The Hall–Kier alpha value is -3.27. The third-order valence-electron chi connectivity index (χ3n) is 9.43. The van der Waals surface area contributed by atoms with Crippen LogP contribution in [0, 0.1) is 5.92 Å². The molecule has 2 bridgehead atoms. The van der Waals surface area contributed by atoms with Gasteiger partial charge in [0.25, 0.3) is 5.91 Å². The Bertz CT molecular complexity index is 1470. The maximum absolute atomic E-state index is 13.7. The van der Waals surface area contributed by atoms with Crippen LogP contribution in [0.1, 0.15) is 47.2 Å². The zero-order valence-electron chi connectivity index (χ0n) is 21.4. The summed E-state index contributed by atoms with van der Waals surface area (Å²) in [6.07, 6.45) is 2.25. The predicted molar refractivity (Wildman–Crippen MR) is 141 cm³/mol. The Morgan fingerprint density at radius 1 is 1.23 bits per heavy atom. The molecule has 2 aliphatic heterocycles. The van der Waals surface area contributed by atoms with Gasteiger partial charge in [-0.2, -0.15) is 0 Å². The number of aromatic hydroxyl groups is 1. The zero-order valence-corrected chi connectivity index (χ0v) is 22.1. The van der Waals surface area contributed by atoms with Crippen LogP contribution in [0.15, 0.2) is 41.7 Å². The Labute approximate surface area is 230 Å². The van der Waals surface area contributed by atoms with Gasteiger partial charge in [-0.15, -0.1) is 0 Å². The summed E-state index contributed by atoms with van der Waals surface area (Å²) in [7, 11) is 1.24. The largest absolute Gasteiger partial charge is 0.508 e. The Morgan fingerprint density at radius 2 is 2.03 bits per heavy atom. The fourth-order valence-electron chi connectivity index (χ4n) is 7.47. The smallest absolute Gasteiger partial charge is 0.339 e. The van der Waals surface area contributed by atoms with E-state index >= 15 is 0 Å². The second-order valence-electron chi connectivity index (χ2n) is 11.4. The van der Waals surface area contributed by atoms with Crippen LogP contribution in [0.5, 0.6) is 11.5 Å². The van der Waals surface area contributed by atoms with Crippen molar-refractivity contribution in [3.8, 4) is 11.5 Å². The number of nitrogens with zero attached hydrogens (tertiary/aromatic N) is 1. The summed E-state index contributed by atoms with van der Waals surface area (Å²) in [5.41, 5.74) is -0.500. The number of aliphatic hydroxyl groups excluding tert-OH is 1. The summed E-state index contributed by atoms with van der Waals surface area (Å²) in [4.78, 5) is 28.4. The normalized spacial score (nSPS) is 30.4. The lowest BCUT2D eigenvalue weighted by Gasteiger charge is -2.62. The molecule has 2 heterocycles. The summed E-state index contributed by atoms with van der Waals surface area (Å²) >= 11 is 6.15. The van der Waals surface area contributed by atoms with E-state index in [0.29, 0.717) is 23.8 Å². The number of ether oxygens (including phenoxy) is 2. The lowest BCUT2D eigenvalue weighted by Crippen LogP contribution is -2.75. The first-order chi connectivity index (χ1) is 18.7. The number of hydrogen-bond donors (Lipinski definition) is 4. The van der Waals surface area contributed by atoms with Crippen molar-refractivity contribution in [2.75, 3.05) is 25.5 Å². The number of carbonyl (C=O) groups is 2. The molecule has 4 atom stereocenters. The highest BCUT2D eigenvalue weighted by Crippen LogP contribution is 2.66. The second-order valence-corrected chi connectivity index (χ2v) is 11.9. The first-order valence-corrected chi connectivity index (χ1v) is 13.7. The van der Waals surface area contributed by atoms with Crippen LogP contribution >= 0.6 is 11.6 Å². The van der Waals surface area contributed by atoms with E-state index in [2.05, 4.69) is 10.2 Å². The van der Waals surface area contributed by atoms with E-state index in [1.165, 1.54) is 38.2 Å². The molecular formula is C29H29ClN2O7. The van der Waals surface area contributed by atoms with E-state index in [0.717, 1.165) is 24.2 Å². The van der Waals surface area contributed by atoms with Crippen LogP contribution < -0.4 is 10.1 Å². The highest BCUT2D eigenvalue weighted by molar-refractivity contribution is 6.31. The highest BCUT2D eigenvalue weighted by atomic mass is 35.5. The van der Waals surface area contributed by atoms with Gasteiger partial charge >= 0.3 is 5.97 Å². The number of nitrogens with one attached hydrogen (secondary N) is 1. The summed E-state index contributed by atoms with van der Waals surface area (Å²) < 4.78 is 11.1. The van der Waals surface area contributed by atoms with Gasteiger partial charge in [0.1, 0.15) is 5.76 Å². The number of esters is 1. The minimum Gasteiger partial charge on any atom is -0.508 e. The van der Waals surface area contributed by atoms with Crippen molar-refractivity contribution < 1.29 is 34.4 Å². The number of anilines is 1. The average Bonchev–Trinajstić information content (AvgIpc) is 3.65. The molecule has 0 unspecified atom stereocenters. The van der Waals surface area contributed by atoms with Crippen LogP contribution in [-0.4, -0.2) is 70.0 Å². The van der Waals surface area contributed by atoms with E-state index in [-0.39, 0.29) is 46.5 Å². The van der Waals surface area contributed by atoms with Crippen molar-refractivity contribution in [2.24, 2.45) is 5.92 Å². The van der Waals surface area contributed by atoms with Crippen LogP contribution in [0.4, 0.5) is 5.69 Å². The van der Waals surface area contributed by atoms with E-state index in [1.54, 1.807) is 6.07 Å². The van der Waals surface area contributed by atoms with Crippen molar-refractivity contribution in [1.82, 2.24) is 4.90 Å². The highest BCUT2D eigenvalue weighted by Gasteiger charge is 2.73. The lowest BCUT2D eigenvalue weighted by atomic mass is 9.49. The molecule has 3 aliphatic carbocycles. The number of phenolic OH excluding ortho intramolecular Hbond substituents is 1. The van der Waals surface area contributed by atoms with Crippen LogP contribution in [0.25, 0.3) is 0 Å². The molecule has 1 saturated heterocycles. The average molecular weight is 553 g/mol. The minimum absolute atomic E-state index is 0.0251. The van der Waals surface area contributed by atoms with Crippen molar-refractivity contribution in [1.29, 1.82) is 0 Å². The van der Waals surface area contributed by atoms with E-state index in [4.69, 9.17) is 21.1 Å². The number of halogens is 1. The van der Waals surface area contributed by atoms with Gasteiger partial charge in [0, 0.05) is 29.6 Å². The molecule has 204 valence electrons. The topological polar surface area (TPSA) is 129 Å². The third kappa shape index (κ3) is 3.33. The van der Waals surface area contributed by atoms with Crippen molar-refractivity contribution in [2.45, 2.75) is 55.3 Å². The SMILES string of the molecule is COC(=O)c1ccc(Cl)cc1NC(=O)C1=C(O)[C@@H]2Oc3c(O)ccc4c3[C@@]23CCN(CC2CC2)[C@H](C4)[C@]3(O)C1. The molecule has 1 spiro atoms. The van der Waals surface area contributed by atoms with Gasteiger partial charge in [-0.3, -0.25) is 9.69 Å². The summed E-state index contributed by atoms with van der Waals surface area (Å²) in [5.74, 6) is -0.803. The van der Waals surface area contributed by atoms with E-state index in [1.807, 2.05) is 6.07 Å². The number of amides is 1. The number of phenols is 1. The van der Waals surface area contributed by atoms with Crippen molar-refractivity contribution >= 4 is 29.2 Å². The number of methoxy groups -OCH3 is 1. The molecule has 4 N–H and O–H groups in total. The third-order valence-corrected chi connectivity index (χ3v) is 9.66. The number of benzene rings is 2. The van der Waals surface area contributed by atoms with E-state index < -0.39 is 29.0 Å². The number of likely N-dealkylation sites (tertiary alicyclic amines) is 1. The maximum atomic E-state index is 13.7. The summed E-state index contributed by atoms with van der Waals surface area (Å²) in [6, 6.07) is 7.57. The first-order valence-electron chi connectivity index (χ1n) is 13.3. The molecule has 5 aliphatic rings. The molecule has 0 radical (unpaired) electrons. The molecule has 1 saturated carbocycles. The quantitative estimate of drug-likeness (QED) is 0.415. The van der Waals surface area contributed by atoms with Gasteiger partial charge in [-0.05, 0) is 68.0 Å². The Balaban J connectivity index is 1.33. The van der Waals surface area contributed by atoms with Gasteiger partial charge in [-0.25, -0.2) is 4.79 Å². The van der Waals surface area contributed by atoms with Crippen LogP contribution in [-0.2, 0) is 21.4 Å². The van der Waals surface area contributed by atoms with Gasteiger partial charge in [-0.1, -0.05) is 17.7 Å². The van der Waals surface area contributed by atoms with Crippen LogP contribution in [0.3, 0.4) is 0 Å². The number of rotatable bonds is 5. The standard InChI is InChI=1S/C29H29ClN2O7/c1-38-27(36)17-6-5-16(30)11-19(17)31-26(35)18-12-29(37)21-10-15-4-7-20(33)24-22(15)28(29,25(39-24)23(18)34)8-9-32(21)13-14-2-3-14/h4-7,11,14,21,25,33-34,37H,2-3,8-10,12-13H2,1H3,(H,31,35)/t21-,25+,28+,29-/m1/s1. The summed E-state index contributed by atoms with van der Waals surface area (Å²) in [5, 5.41) is 38.0. The number of aliphatic hydroxyl groups is 2. The minimum atomic E-state index is -1.44.